The van der Waals surface area contributed by atoms with Crippen LogP contribution < -0.4 is 5.32 Å². The number of halogens is 1. The van der Waals surface area contributed by atoms with Crippen LogP contribution in [0.25, 0.3) is 11.0 Å². The molecule has 6 nitrogen and oxygen atoms in total. The van der Waals surface area contributed by atoms with Crippen molar-refractivity contribution in [2.45, 2.75) is 20.4 Å². The molecule has 0 radical (unpaired) electrons. The van der Waals surface area contributed by atoms with Crippen LogP contribution in [-0.2, 0) is 6.54 Å². The monoisotopic (exact) mass is 391 g/mol. The maximum Gasteiger partial charge on any atom is 0.258 e. The second-order valence-corrected chi connectivity index (χ2v) is 7.02. The summed E-state index contributed by atoms with van der Waals surface area (Å²) >= 11 is 6.61. The number of benzene rings is 1. The highest BCUT2D eigenvalue weighted by molar-refractivity contribution is 6.39. The molecule has 4 aromatic rings. The molecule has 0 spiro atoms. The topological polar surface area (TPSA) is 72.7 Å². The van der Waals surface area contributed by atoms with E-state index in [4.69, 9.17) is 11.6 Å². The SMILES string of the molecule is Cc1ccc(NC(=O)c2cnc3c(c(C)cn3Cc3ccncn3)c2Cl)cc1. The van der Waals surface area contributed by atoms with Gasteiger partial charge in [0.25, 0.3) is 5.91 Å². The first-order valence-electron chi connectivity index (χ1n) is 8.80. The number of anilines is 1. The van der Waals surface area contributed by atoms with Crippen molar-refractivity contribution in [2.75, 3.05) is 5.32 Å². The molecule has 3 heterocycles. The van der Waals surface area contributed by atoms with Crippen molar-refractivity contribution < 1.29 is 4.79 Å². The quantitative estimate of drug-likeness (QED) is 0.559. The molecule has 0 aliphatic heterocycles. The Kier molecular flexibility index (Phi) is 4.79. The lowest BCUT2D eigenvalue weighted by Crippen LogP contribution is -2.13. The van der Waals surface area contributed by atoms with Crippen molar-refractivity contribution in [1.82, 2.24) is 19.5 Å². The summed E-state index contributed by atoms with van der Waals surface area (Å²) in [6.07, 6.45) is 6.70. The average molecular weight is 392 g/mol. The van der Waals surface area contributed by atoms with Crippen molar-refractivity contribution in [1.29, 1.82) is 0 Å². The van der Waals surface area contributed by atoms with E-state index in [9.17, 15) is 4.79 Å². The minimum Gasteiger partial charge on any atom is -0.326 e. The van der Waals surface area contributed by atoms with Crippen LogP contribution in [0.5, 0.6) is 0 Å². The lowest BCUT2D eigenvalue weighted by molar-refractivity contribution is 0.102. The van der Waals surface area contributed by atoms with E-state index < -0.39 is 0 Å². The molecule has 0 aliphatic carbocycles. The standard InChI is InChI=1S/C21H18ClN5O/c1-13-3-5-15(6-4-13)26-21(28)17-9-24-20-18(19(17)22)14(2)10-27(20)11-16-7-8-23-12-25-16/h3-10,12H,11H2,1-2H3,(H,26,28). The molecule has 0 unspecified atom stereocenters. The zero-order valence-corrected chi connectivity index (χ0v) is 16.2. The number of amides is 1. The van der Waals surface area contributed by atoms with Gasteiger partial charge in [0.05, 0.1) is 22.8 Å². The minimum absolute atomic E-state index is 0.286. The highest BCUT2D eigenvalue weighted by Gasteiger charge is 2.18. The van der Waals surface area contributed by atoms with Crippen molar-refractivity contribution in [3.8, 4) is 0 Å². The van der Waals surface area contributed by atoms with Gasteiger partial charge in [-0.25, -0.2) is 15.0 Å². The summed E-state index contributed by atoms with van der Waals surface area (Å²) < 4.78 is 1.97. The summed E-state index contributed by atoms with van der Waals surface area (Å²) in [5, 5.41) is 4.04. The normalized spacial score (nSPS) is 11.0. The number of pyridine rings is 1. The third kappa shape index (κ3) is 3.46. The maximum absolute atomic E-state index is 12.7. The van der Waals surface area contributed by atoms with Crippen molar-refractivity contribution in [3.63, 3.8) is 0 Å². The van der Waals surface area contributed by atoms with E-state index in [1.807, 2.05) is 54.9 Å². The summed E-state index contributed by atoms with van der Waals surface area (Å²) in [5.74, 6) is -0.286. The van der Waals surface area contributed by atoms with E-state index in [1.54, 1.807) is 6.20 Å². The fraction of sp³-hybridized carbons (Fsp3) is 0.143. The van der Waals surface area contributed by atoms with Crippen LogP contribution in [0.3, 0.4) is 0 Å². The van der Waals surface area contributed by atoms with Crippen LogP contribution >= 0.6 is 11.6 Å². The number of nitrogens with one attached hydrogen (secondary N) is 1. The number of aromatic nitrogens is 4. The van der Waals surface area contributed by atoms with E-state index in [2.05, 4.69) is 20.3 Å². The fourth-order valence-electron chi connectivity index (χ4n) is 3.11. The molecule has 0 aliphatic rings. The van der Waals surface area contributed by atoms with Crippen molar-refractivity contribution >= 4 is 34.2 Å². The molecule has 0 atom stereocenters. The second kappa shape index (κ2) is 7.40. The van der Waals surface area contributed by atoms with Crippen molar-refractivity contribution in [2.24, 2.45) is 0 Å². The Morgan fingerprint density at radius 3 is 2.64 bits per heavy atom. The molecule has 0 fully saturated rings. The van der Waals surface area contributed by atoms with Gasteiger partial charge in [0, 0.05) is 29.7 Å². The van der Waals surface area contributed by atoms with Gasteiger partial charge in [0.15, 0.2) is 0 Å². The van der Waals surface area contributed by atoms with E-state index in [-0.39, 0.29) is 5.91 Å². The van der Waals surface area contributed by atoms with Gasteiger partial charge in [-0.15, -0.1) is 0 Å². The van der Waals surface area contributed by atoms with Crippen molar-refractivity contribution in [3.05, 3.63) is 82.7 Å². The first-order chi connectivity index (χ1) is 13.5. The van der Waals surface area contributed by atoms with Crippen LogP contribution in [0.2, 0.25) is 5.02 Å². The highest BCUT2D eigenvalue weighted by Crippen LogP contribution is 2.30. The van der Waals surface area contributed by atoms with E-state index in [0.717, 1.165) is 22.2 Å². The highest BCUT2D eigenvalue weighted by atomic mass is 35.5. The average Bonchev–Trinajstić information content (AvgIpc) is 3.01. The van der Waals surface area contributed by atoms with Crippen LogP contribution in [0.15, 0.2) is 55.2 Å². The molecule has 140 valence electrons. The largest absolute Gasteiger partial charge is 0.326 e. The molecule has 1 N–H and O–H groups in total. The molecule has 28 heavy (non-hydrogen) atoms. The molecular formula is C21H18ClN5O. The second-order valence-electron chi connectivity index (χ2n) is 6.65. The van der Waals surface area contributed by atoms with Gasteiger partial charge >= 0.3 is 0 Å². The molecular weight excluding hydrogens is 374 g/mol. The molecule has 7 heteroatoms. The predicted octanol–water partition coefficient (Wildman–Crippen LogP) is 4.40. The molecule has 1 aromatic carbocycles. The summed E-state index contributed by atoms with van der Waals surface area (Å²) in [7, 11) is 0. The van der Waals surface area contributed by atoms with E-state index >= 15 is 0 Å². The summed E-state index contributed by atoms with van der Waals surface area (Å²) in [5.41, 5.74) is 4.72. The zero-order chi connectivity index (χ0) is 19.7. The van der Waals surface area contributed by atoms with E-state index in [0.29, 0.717) is 28.5 Å². The minimum atomic E-state index is -0.286. The number of nitrogens with zero attached hydrogens (tertiary/aromatic N) is 4. The maximum atomic E-state index is 12.7. The molecule has 0 saturated heterocycles. The number of aryl methyl sites for hydroxylation is 2. The number of hydrogen-bond donors (Lipinski definition) is 1. The molecule has 4 rings (SSSR count). The number of carbonyl (C=O) groups excluding carboxylic acids is 1. The Hall–Kier alpha value is -3.25. The Labute approximate surface area is 167 Å². The van der Waals surface area contributed by atoms with Crippen LogP contribution in [0.1, 0.15) is 27.2 Å². The third-order valence-corrected chi connectivity index (χ3v) is 4.93. The van der Waals surface area contributed by atoms with Gasteiger partial charge in [0.1, 0.15) is 12.0 Å². The summed E-state index contributed by atoms with van der Waals surface area (Å²) in [6.45, 7) is 4.49. The Morgan fingerprint density at radius 2 is 1.93 bits per heavy atom. The first kappa shape index (κ1) is 18.1. The van der Waals surface area contributed by atoms with Gasteiger partial charge < -0.3 is 9.88 Å². The molecule has 3 aromatic heterocycles. The Bertz CT molecular complexity index is 1150. The Morgan fingerprint density at radius 1 is 1.14 bits per heavy atom. The summed E-state index contributed by atoms with van der Waals surface area (Å²) in [4.78, 5) is 25.4. The predicted molar refractivity (Wildman–Crippen MR) is 110 cm³/mol. The fourth-order valence-corrected chi connectivity index (χ4v) is 3.47. The van der Waals surface area contributed by atoms with Gasteiger partial charge in [0.2, 0.25) is 0 Å². The zero-order valence-electron chi connectivity index (χ0n) is 15.5. The molecule has 0 saturated carbocycles. The van der Waals surface area contributed by atoms with Crippen LogP contribution in [-0.4, -0.2) is 25.4 Å². The van der Waals surface area contributed by atoms with Gasteiger partial charge in [-0.3, -0.25) is 4.79 Å². The molecule has 0 bridgehead atoms. The lowest BCUT2D eigenvalue weighted by atomic mass is 10.1. The van der Waals surface area contributed by atoms with Gasteiger partial charge in [-0.2, -0.15) is 0 Å². The number of carbonyl (C=O) groups is 1. The van der Waals surface area contributed by atoms with Gasteiger partial charge in [-0.1, -0.05) is 29.3 Å². The smallest absolute Gasteiger partial charge is 0.258 e. The number of rotatable bonds is 4. The number of hydrogen-bond acceptors (Lipinski definition) is 4. The Balaban J connectivity index is 1.68. The van der Waals surface area contributed by atoms with Crippen LogP contribution in [0, 0.1) is 13.8 Å². The summed E-state index contributed by atoms with van der Waals surface area (Å²) in [6, 6.07) is 9.45. The first-order valence-corrected chi connectivity index (χ1v) is 9.17. The lowest BCUT2D eigenvalue weighted by Gasteiger charge is -2.09. The molecule has 1 amide bonds. The third-order valence-electron chi connectivity index (χ3n) is 4.54. The van der Waals surface area contributed by atoms with E-state index in [1.165, 1.54) is 12.5 Å². The van der Waals surface area contributed by atoms with Crippen LogP contribution in [0.4, 0.5) is 5.69 Å². The van der Waals surface area contributed by atoms with Gasteiger partial charge in [-0.05, 0) is 37.6 Å². The number of fused-ring (bicyclic) bond motifs is 1.